The number of carbonyl (C=O) groups excluding carboxylic acids is 2. The normalized spacial score (nSPS) is 16.7. The molecule has 3 aromatic carbocycles. The Bertz CT molecular complexity index is 1030. The molecule has 0 bridgehead atoms. The molecule has 1 heterocycles. The van der Waals surface area contributed by atoms with Gasteiger partial charge < -0.3 is 9.64 Å². The fraction of sp³-hybridized carbons (Fsp3) is 0.200. The number of hydrogen-bond donors (Lipinski definition) is 0. The zero-order valence-corrected chi connectivity index (χ0v) is 17.1. The number of rotatable bonds is 5. The lowest BCUT2D eigenvalue weighted by atomic mass is 9.99. The number of anilines is 2. The molecule has 5 heteroatoms. The number of ether oxygens (including phenoxy) is 1. The lowest BCUT2D eigenvalue weighted by molar-refractivity contribution is -0.128. The molecule has 2 amide bonds. The predicted molar refractivity (Wildman–Crippen MR) is 118 cm³/mol. The average Bonchev–Trinajstić information content (AvgIpc) is 2.77. The molecule has 1 aliphatic heterocycles. The Morgan fingerprint density at radius 1 is 0.867 bits per heavy atom. The molecule has 1 atom stereocenters. The van der Waals surface area contributed by atoms with Crippen LogP contribution in [0.5, 0.6) is 5.75 Å². The van der Waals surface area contributed by atoms with E-state index in [2.05, 4.69) is 0 Å². The van der Waals surface area contributed by atoms with Gasteiger partial charge in [0.2, 0.25) is 5.91 Å². The topological polar surface area (TPSA) is 49.9 Å². The number of amides is 2. The Balaban J connectivity index is 1.75. The summed E-state index contributed by atoms with van der Waals surface area (Å²) in [6.07, 6.45) is 0. The number of piperazine rings is 1. The number of hydrogen-bond acceptors (Lipinski definition) is 3. The highest BCUT2D eigenvalue weighted by molar-refractivity contribution is 6.14. The first kappa shape index (κ1) is 19.7. The highest BCUT2D eigenvalue weighted by Gasteiger charge is 2.41. The van der Waals surface area contributed by atoms with Crippen molar-refractivity contribution in [3.05, 3.63) is 90.0 Å². The summed E-state index contributed by atoms with van der Waals surface area (Å²) < 4.78 is 5.51. The van der Waals surface area contributed by atoms with Gasteiger partial charge in [0.05, 0.1) is 6.61 Å². The molecule has 5 nitrogen and oxygen atoms in total. The first-order valence-corrected chi connectivity index (χ1v) is 10.1. The molecule has 0 saturated carbocycles. The Labute approximate surface area is 176 Å². The number of carbonyl (C=O) groups is 2. The largest absolute Gasteiger partial charge is 0.494 e. The molecule has 1 saturated heterocycles. The minimum Gasteiger partial charge on any atom is -0.494 e. The van der Waals surface area contributed by atoms with Crippen LogP contribution in [-0.4, -0.2) is 25.0 Å². The lowest BCUT2D eigenvalue weighted by Crippen LogP contribution is -2.56. The SMILES string of the molecule is CCOc1ccc(N2C(=O)CN(c3ccc(C)cc3)C(=O)[C@H]2c2ccccc2)cc1. The molecule has 0 unspecified atom stereocenters. The second-order valence-electron chi connectivity index (χ2n) is 7.26. The molecule has 0 aromatic heterocycles. The minimum atomic E-state index is -0.730. The molecule has 0 aliphatic carbocycles. The summed E-state index contributed by atoms with van der Waals surface area (Å²) in [7, 11) is 0. The van der Waals surface area contributed by atoms with Crippen LogP contribution < -0.4 is 14.5 Å². The molecule has 0 N–H and O–H groups in total. The molecule has 1 fully saturated rings. The van der Waals surface area contributed by atoms with Crippen molar-refractivity contribution in [1.29, 1.82) is 0 Å². The second-order valence-corrected chi connectivity index (χ2v) is 7.26. The summed E-state index contributed by atoms with van der Waals surface area (Å²) in [4.78, 5) is 30.1. The van der Waals surface area contributed by atoms with Gasteiger partial charge in [-0.3, -0.25) is 14.5 Å². The molecular weight excluding hydrogens is 376 g/mol. The molecular formula is C25H24N2O3. The summed E-state index contributed by atoms with van der Waals surface area (Å²) in [5.41, 5.74) is 3.28. The molecule has 3 aromatic rings. The van der Waals surface area contributed by atoms with E-state index >= 15 is 0 Å². The van der Waals surface area contributed by atoms with E-state index in [1.54, 1.807) is 9.80 Å². The molecule has 0 radical (unpaired) electrons. The van der Waals surface area contributed by atoms with E-state index < -0.39 is 6.04 Å². The van der Waals surface area contributed by atoms with E-state index in [-0.39, 0.29) is 18.4 Å². The lowest BCUT2D eigenvalue weighted by Gasteiger charge is -2.40. The van der Waals surface area contributed by atoms with Gasteiger partial charge in [0.25, 0.3) is 5.91 Å². The van der Waals surface area contributed by atoms with Crippen LogP contribution in [-0.2, 0) is 9.59 Å². The van der Waals surface area contributed by atoms with Crippen LogP contribution in [0.3, 0.4) is 0 Å². The summed E-state index contributed by atoms with van der Waals surface area (Å²) in [6.45, 7) is 4.48. The van der Waals surface area contributed by atoms with E-state index in [1.165, 1.54) is 0 Å². The second kappa shape index (κ2) is 8.41. The van der Waals surface area contributed by atoms with Crippen LogP contribution in [0.15, 0.2) is 78.9 Å². The first-order valence-electron chi connectivity index (χ1n) is 10.1. The summed E-state index contributed by atoms with van der Waals surface area (Å²) in [5.74, 6) is 0.473. The van der Waals surface area contributed by atoms with E-state index in [9.17, 15) is 9.59 Å². The summed E-state index contributed by atoms with van der Waals surface area (Å²) in [6, 6.07) is 23.7. The Kier molecular flexibility index (Phi) is 5.53. The van der Waals surface area contributed by atoms with Crippen molar-refractivity contribution < 1.29 is 14.3 Å². The maximum Gasteiger partial charge on any atom is 0.255 e. The monoisotopic (exact) mass is 400 g/mol. The predicted octanol–water partition coefficient (Wildman–Crippen LogP) is 4.51. The minimum absolute atomic E-state index is 0.00155. The number of benzene rings is 3. The van der Waals surface area contributed by atoms with Gasteiger partial charge >= 0.3 is 0 Å². The van der Waals surface area contributed by atoms with Crippen LogP contribution in [0.2, 0.25) is 0 Å². The van der Waals surface area contributed by atoms with Crippen molar-refractivity contribution in [3.63, 3.8) is 0 Å². The Hall–Kier alpha value is -3.60. The van der Waals surface area contributed by atoms with Gasteiger partial charge in [0.15, 0.2) is 0 Å². The highest BCUT2D eigenvalue weighted by Crippen LogP contribution is 2.35. The van der Waals surface area contributed by atoms with Gasteiger partial charge in [-0.1, -0.05) is 48.0 Å². The fourth-order valence-electron chi connectivity index (χ4n) is 3.72. The van der Waals surface area contributed by atoms with Gasteiger partial charge in [-0.2, -0.15) is 0 Å². The van der Waals surface area contributed by atoms with Crippen molar-refractivity contribution >= 4 is 23.2 Å². The third-order valence-electron chi connectivity index (χ3n) is 5.21. The zero-order chi connectivity index (χ0) is 21.1. The van der Waals surface area contributed by atoms with Gasteiger partial charge in [0.1, 0.15) is 18.3 Å². The van der Waals surface area contributed by atoms with Crippen molar-refractivity contribution in [1.82, 2.24) is 0 Å². The molecule has 30 heavy (non-hydrogen) atoms. The fourth-order valence-corrected chi connectivity index (χ4v) is 3.72. The van der Waals surface area contributed by atoms with Crippen molar-refractivity contribution in [3.8, 4) is 5.75 Å². The quantitative estimate of drug-likeness (QED) is 0.633. The molecule has 1 aliphatic rings. The van der Waals surface area contributed by atoms with Gasteiger partial charge in [0, 0.05) is 11.4 Å². The van der Waals surface area contributed by atoms with Crippen LogP contribution in [0, 0.1) is 6.92 Å². The van der Waals surface area contributed by atoms with Crippen LogP contribution in [0.4, 0.5) is 11.4 Å². The molecule has 4 rings (SSSR count). The van der Waals surface area contributed by atoms with E-state index in [4.69, 9.17) is 4.74 Å². The Morgan fingerprint density at radius 3 is 2.13 bits per heavy atom. The number of aryl methyl sites for hydroxylation is 1. The third-order valence-corrected chi connectivity index (χ3v) is 5.21. The maximum absolute atomic E-state index is 13.6. The molecule has 0 spiro atoms. The zero-order valence-electron chi connectivity index (χ0n) is 17.1. The van der Waals surface area contributed by atoms with E-state index in [0.717, 1.165) is 22.6 Å². The van der Waals surface area contributed by atoms with Gasteiger partial charge in [-0.05, 0) is 55.8 Å². The van der Waals surface area contributed by atoms with Crippen LogP contribution in [0.25, 0.3) is 0 Å². The maximum atomic E-state index is 13.6. The Morgan fingerprint density at radius 2 is 1.50 bits per heavy atom. The average molecular weight is 400 g/mol. The van der Waals surface area contributed by atoms with Gasteiger partial charge in [-0.25, -0.2) is 0 Å². The highest BCUT2D eigenvalue weighted by atomic mass is 16.5. The van der Waals surface area contributed by atoms with E-state index in [0.29, 0.717) is 12.3 Å². The standard InChI is InChI=1S/C25H24N2O3/c1-3-30-22-15-13-21(14-16-22)27-23(28)17-26(20-11-9-18(2)10-12-20)25(29)24(27)19-7-5-4-6-8-19/h4-16,24H,3,17H2,1-2H3/t24-/m1/s1. The van der Waals surface area contributed by atoms with E-state index in [1.807, 2.05) is 92.7 Å². The number of nitrogens with zero attached hydrogens (tertiary/aromatic N) is 2. The smallest absolute Gasteiger partial charge is 0.255 e. The summed E-state index contributed by atoms with van der Waals surface area (Å²) >= 11 is 0. The third kappa shape index (κ3) is 3.79. The van der Waals surface area contributed by atoms with Crippen LogP contribution in [0.1, 0.15) is 24.1 Å². The van der Waals surface area contributed by atoms with Crippen LogP contribution >= 0.6 is 0 Å². The van der Waals surface area contributed by atoms with Crippen molar-refractivity contribution in [2.24, 2.45) is 0 Å². The first-order chi connectivity index (χ1) is 14.6. The molecule has 152 valence electrons. The van der Waals surface area contributed by atoms with Gasteiger partial charge in [-0.15, -0.1) is 0 Å². The summed E-state index contributed by atoms with van der Waals surface area (Å²) in [5, 5.41) is 0. The van der Waals surface area contributed by atoms with Crippen molar-refractivity contribution in [2.75, 3.05) is 23.0 Å². The van der Waals surface area contributed by atoms with Crippen molar-refractivity contribution in [2.45, 2.75) is 19.9 Å².